The summed E-state index contributed by atoms with van der Waals surface area (Å²) in [7, 11) is 0. The molecule has 0 aliphatic rings. The molecule has 1 N–H and O–H groups in total. The molecule has 0 spiro atoms. The minimum Gasteiger partial charge on any atom is -0.484 e. The lowest BCUT2D eigenvalue weighted by Crippen LogP contribution is -2.12. The lowest BCUT2D eigenvalue weighted by Gasteiger charge is -2.08. The molecule has 3 nitrogen and oxygen atoms in total. The van der Waals surface area contributed by atoms with Crippen molar-refractivity contribution in [3.05, 3.63) is 88.9 Å². The van der Waals surface area contributed by atoms with E-state index in [9.17, 15) is 4.79 Å². The molecule has 1 aromatic heterocycles. The number of ketones is 1. The van der Waals surface area contributed by atoms with Gasteiger partial charge in [-0.1, -0.05) is 60.7 Å². The van der Waals surface area contributed by atoms with Gasteiger partial charge >= 0.3 is 0 Å². The van der Waals surface area contributed by atoms with Crippen molar-refractivity contribution in [3.63, 3.8) is 0 Å². The molecule has 1 heterocycles. The molecule has 0 aliphatic heterocycles. The van der Waals surface area contributed by atoms with Crippen LogP contribution < -0.4 is 4.74 Å². The summed E-state index contributed by atoms with van der Waals surface area (Å²) in [4.78, 5) is 16.4. The lowest BCUT2D eigenvalue weighted by atomic mass is 10.0. The van der Waals surface area contributed by atoms with Crippen molar-refractivity contribution in [2.45, 2.75) is 0 Å². The van der Waals surface area contributed by atoms with E-state index in [2.05, 4.69) is 20.9 Å². The van der Waals surface area contributed by atoms with Crippen molar-refractivity contribution in [2.75, 3.05) is 6.61 Å². The smallest absolute Gasteiger partial charge is 0.202 e. The molecular formula is C22H16BrNO2. The van der Waals surface area contributed by atoms with Crippen molar-refractivity contribution in [1.82, 2.24) is 4.98 Å². The van der Waals surface area contributed by atoms with Gasteiger partial charge in [-0.2, -0.15) is 0 Å². The van der Waals surface area contributed by atoms with Gasteiger partial charge in [0.2, 0.25) is 5.78 Å². The van der Waals surface area contributed by atoms with Crippen LogP contribution in [0.2, 0.25) is 0 Å². The topological polar surface area (TPSA) is 42.1 Å². The van der Waals surface area contributed by atoms with Gasteiger partial charge in [-0.05, 0) is 39.7 Å². The van der Waals surface area contributed by atoms with Crippen LogP contribution in [0.15, 0.2) is 83.3 Å². The highest BCUT2D eigenvalue weighted by Crippen LogP contribution is 2.31. The summed E-state index contributed by atoms with van der Waals surface area (Å²) < 4.78 is 6.58. The second-order valence-corrected chi connectivity index (χ2v) is 6.78. The number of Topliss-reactive ketones (excluding diaryl/α,β-unsaturated/α-hetero) is 1. The average molecular weight is 406 g/mol. The summed E-state index contributed by atoms with van der Waals surface area (Å²) in [6.45, 7) is -0.0235. The maximum atomic E-state index is 13.0. The number of benzene rings is 3. The van der Waals surface area contributed by atoms with E-state index in [4.69, 9.17) is 4.74 Å². The molecular weight excluding hydrogens is 390 g/mol. The lowest BCUT2D eigenvalue weighted by molar-refractivity contribution is 0.0923. The summed E-state index contributed by atoms with van der Waals surface area (Å²) in [5.41, 5.74) is 3.41. The molecule has 26 heavy (non-hydrogen) atoms. The Bertz CT molecular complexity index is 1070. The van der Waals surface area contributed by atoms with Gasteiger partial charge in [-0.25, -0.2) is 0 Å². The minimum absolute atomic E-state index is 0.0235. The third kappa shape index (κ3) is 3.16. The molecule has 0 fully saturated rings. The number of carbonyl (C=O) groups excluding carboxylic acids is 1. The maximum absolute atomic E-state index is 13.0. The van der Waals surface area contributed by atoms with E-state index in [0.29, 0.717) is 11.3 Å². The minimum atomic E-state index is -0.0583. The van der Waals surface area contributed by atoms with E-state index in [0.717, 1.165) is 26.6 Å². The Labute approximate surface area is 159 Å². The van der Waals surface area contributed by atoms with E-state index < -0.39 is 0 Å². The van der Waals surface area contributed by atoms with Crippen LogP contribution in [-0.4, -0.2) is 17.4 Å². The molecule has 4 heteroatoms. The Morgan fingerprint density at radius 2 is 1.58 bits per heavy atom. The fraction of sp³-hybridized carbons (Fsp3) is 0.0455. The zero-order valence-corrected chi connectivity index (χ0v) is 15.5. The molecule has 0 aliphatic carbocycles. The van der Waals surface area contributed by atoms with Crippen LogP contribution in [-0.2, 0) is 0 Å². The number of nitrogens with one attached hydrogen (secondary N) is 1. The van der Waals surface area contributed by atoms with Gasteiger partial charge in [0, 0.05) is 10.9 Å². The quantitative estimate of drug-likeness (QED) is 0.422. The first-order valence-electron chi connectivity index (χ1n) is 8.30. The van der Waals surface area contributed by atoms with Crippen LogP contribution in [0.3, 0.4) is 0 Å². The Balaban J connectivity index is 1.73. The maximum Gasteiger partial charge on any atom is 0.202 e. The number of halogens is 1. The zero-order chi connectivity index (χ0) is 17.9. The fourth-order valence-corrected chi connectivity index (χ4v) is 3.43. The van der Waals surface area contributed by atoms with Crippen molar-refractivity contribution in [1.29, 1.82) is 0 Å². The Kier molecular flexibility index (Phi) is 4.59. The Morgan fingerprint density at radius 3 is 2.38 bits per heavy atom. The van der Waals surface area contributed by atoms with Crippen LogP contribution in [0, 0.1) is 0 Å². The molecule has 0 amide bonds. The number of para-hydroxylation sites is 2. The standard InChI is InChI=1S/C22H16BrNO2/c23-17-11-5-7-13-20(17)26-14-19(25)21-16-10-4-6-12-18(16)24-22(21)15-8-2-1-3-9-15/h1-13,24H,14H2. The third-order valence-corrected chi connectivity index (χ3v) is 4.90. The highest BCUT2D eigenvalue weighted by atomic mass is 79.9. The van der Waals surface area contributed by atoms with Gasteiger partial charge in [-0.3, -0.25) is 4.79 Å². The van der Waals surface area contributed by atoms with Gasteiger partial charge in [0.25, 0.3) is 0 Å². The Morgan fingerprint density at radius 1 is 0.885 bits per heavy atom. The van der Waals surface area contributed by atoms with Crippen molar-refractivity contribution < 1.29 is 9.53 Å². The van der Waals surface area contributed by atoms with Crippen molar-refractivity contribution >= 4 is 32.6 Å². The molecule has 0 saturated heterocycles. The summed E-state index contributed by atoms with van der Waals surface area (Å²) in [5, 5.41) is 0.909. The SMILES string of the molecule is O=C(COc1ccccc1Br)c1c(-c2ccccc2)[nH]c2ccccc12. The summed E-state index contributed by atoms with van der Waals surface area (Å²) in [6, 6.07) is 25.2. The monoisotopic (exact) mass is 405 g/mol. The molecule has 4 rings (SSSR count). The summed E-state index contributed by atoms with van der Waals surface area (Å²) in [6.07, 6.45) is 0. The first-order chi connectivity index (χ1) is 12.7. The number of aromatic nitrogens is 1. The van der Waals surface area contributed by atoms with Gasteiger partial charge in [0.05, 0.1) is 15.7 Å². The first kappa shape index (κ1) is 16.6. The van der Waals surface area contributed by atoms with E-state index in [1.54, 1.807) is 0 Å². The molecule has 4 aromatic rings. The van der Waals surface area contributed by atoms with E-state index >= 15 is 0 Å². The molecule has 0 radical (unpaired) electrons. The molecule has 128 valence electrons. The number of rotatable bonds is 5. The normalized spacial score (nSPS) is 10.8. The van der Waals surface area contributed by atoms with Crippen LogP contribution >= 0.6 is 15.9 Å². The average Bonchev–Trinajstić information content (AvgIpc) is 3.07. The summed E-state index contributed by atoms with van der Waals surface area (Å²) in [5.74, 6) is 0.596. The number of hydrogen-bond donors (Lipinski definition) is 1. The van der Waals surface area contributed by atoms with Gasteiger partial charge in [0.15, 0.2) is 6.61 Å². The summed E-state index contributed by atoms with van der Waals surface area (Å²) >= 11 is 3.44. The molecule has 0 unspecified atom stereocenters. The molecule has 0 atom stereocenters. The van der Waals surface area contributed by atoms with Crippen molar-refractivity contribution in [2.24, 2.45) is 0 Å². The van der Waals surface area contributed by atoms with Crippen LogP contribution in [0.5, 0.6) is 5.75 Å². The largest absolute Gasteiger partial charge is 0.484 e. The highest BCUT2D eigenvalue weighted by Gasteiger charge is 2.20. The van der Waals surface area contributed by atoms with Gasteiger partial charge < -0.3 is 9.72 Å². The Hall–Kier alpha value is -2.85. The molecule has 0 bridgehead atoms. The zero-order valence-electron chi connectivity index (χ0n) is 13.9. The number of carbonyl (C=O) groups is 1. The number of hydrogen-bond acceptors (Lipinski definition) is 2. The van der Waals surface area contributed by atoms with Gasteiger partial charge in [0.1, 0.15) is 5.75 Å². The number of H-pyrrole nitrogens is 1. The van der Waals surface area contributed by atoms with Gasteiger partial charge in [-0.15, -0.1) is 0 Å². The van der Waals surface area contributed by atoms with E-state index in [-0.39, 0.29) is 12.4 Å². The van der Waals surface area contributed by atoms with Crippen molar-refractivity contribution in [3.8, 4) is 17.0 Å². The van der Waals surface area contributed by atoms with E-state index in [1.165, 1.54) is 0 Å². The second kappa shape index (κ2) is 7.18. The number of fused-ring (bicyclic) bond motifs is 1. The molecule has 3 aromatic carbocycles. The highest BCUT2D eigenvalue weighted by molar-refractivity contribution is 9.10. The van der Waals surface area contributed by atoms with Crippen LogP contribution in [0.25, 0.3) is 22.2 Å². The van der Waals surface area contributed by atoms with E-state index in [1.807, 2.05) is 78.9 Å². The van der Waals surface area contributed by atoms with Crippen LogP contribution in [0.4, 0.5) is 0 Å². The first-order valence-corrected chi connectivity index (χ1v) is 9.10. The molecule has 0 saturated carbocycles. The van der Waals surface area contributed by atoms with Crippen LogP contribution in [0.1, 0.15) is 10.4 Å². The number of aromatic amines is 1. The predicted molar refractivity (Wildman–Crippen MR) is 108 cm³/mol. The fourth-order valence-electron chi connectivity index (χ4n) is 3.03. The number of ether oxygens (including phenoxy) is 1. The third-order valence-electron chi connectivity index (χ3n) is 4.24. The second-order valence-electron chi connectivity index (χ2n) is 5.93. The predicted octanol–water partition coefficient (Wildman–Crippen LogP) is 5.86.